The third kappa shape index (κ3) is 3.56. The Morgan fingerprint density at radius 1 is 1.25 bits per heavy atom. The van der Waals surface area contributed by atoms with Crippen LogP contribution in [0, 0.1) is 10.1 Å². The Morgan fingerprint density at radius 2 is 1.90 bits per heavy atom. The standard InChI is InChI=1S/C14H10ClNO2S2/c15-11-3-6-13(14(19)20)10(8-11)7-9-1-4-12(5-2-9)16(17)18/h1-6,8H,7H2,(H,19,20). The summed E-state index contributed by atoms with van der Waals surface area (Å²) in [6, 6.07) is 11.9. The number of benzene rings is 2. The summed E-state index contributed by atoms with van der Waals surface area (Å²) < 4.78 is 0.499. The van der Waals surface area contributed by atoms with Gasteiger partial charge in [-0.15, -0.1) is 12.6 Å². The third-order valence-corrected chi connectivity index (χ3v) is 3.54. The number of nitro groups is 1. The van der Waals surface area contributed by atoms with Gasteiger partial charge in [0.15, 0.2) is 0 Å². The van der Waals surface area contributed by atoms with Crippen LogP contribution in [0.15, 0.2) is 42.5 Å². The molecule has 0 saturated heterocycles. The molecule has 2 aromatic carbocycles. The molecule has 0 aromatic heterocycles. The summed E-state index contributed by atoms with van der Waals surface area (Å²) in [5.74, 6) is 0. The number of non-ortho nitro benzene ring substituents is 1. The minimum absolute atomic E-state index is 0.0739. The van der Waals surface area contributed by atoms with Crippen LogP contribution < -0.4 is 0 Å². The van der Waals surface area contributed by atoms with Gasteiger partial charge in [-0.05, 0) is 29.7 Å². The molecular weight excluding hydrogens is 314 g/mol. The molecule has 102 valence electrons. The van der Waals surface area contributed by atoms with E-state index < -0.39 is 4.92 Å². The van der Waals surface area contributed by atoms with E-state index in [-0.39, 0.29) is 5.69 Å². The lowest BCUT2D eigenvalue weighted by Gasteiger charge is -2.08. The highest BCUT2D eigenvalue weighted by Gasteiger charge is 2.09. The Kier molecular flexibility index (Phi) is 4.75. The van der Waals surface area contributed by atoms with Crippen molar-refractivity contribution >= 4 is 46.3 Å². The van der Waals surface area contributed by atoms with E-state index in [0.717, 1.165) is 16.7 Å². The van der Waals surface area contributed by atoms with Gasteiger partial charge in [-0.2, -0.15) is 0 Å². The number of rotatable bonds is 4. The van der Waals surface area contributed by atoms with E-state index in [4.69, 9.17) is 23.8 Å². The van der Waals surface area contributed by atoms with Crippen molar-refractivity contribution in [2.75, 3.05) is 0 Å². The molecule has 20 heavy (non-hydrogen) atoms. The molecule has 0 aliphatic carbocycles. The number of hydrogen-bond acceptors (Lipinski definition) is 3. The largest absolute Gasteiger partial charge is 0.269 e. The minimum Gasteiger partial charge on any atom is -0.258 e. The highest BCUT2D eigenvalue weighted by molar-refractivity contribution is 8.11. The van der Waals surface area contributed by atoms with Crippen molar-refractivity contribution in [3.8, 4) is 0 Å². The molecule has 0 aliphatic heterocycles. The number of nitro benzene ring substituents is 1. The van der Waals surface area contributed by atoms with E-state index in [1.807, 2.05) is 12.1 Å². The Hall–Kier alpha value is -1.43. The van der Waals surface area contributed by atoms with Crippen molar-refractivity contribution in [1.82, 2.24) is 0 Å². The van der Waals surface area contributed by atoms with Crippen LogP contribution in [0.2, 0.25) is 5.02 Å². The zero-order valence-electron chi connectivity index (χ0n) is 10.2. The average molecular weight is 324 g/mol. The highest BCUT2D eigenvalue weighted by atomic mass is 35.5. The van der Waals surface area contributed by atoms with Gasteiger partial charge < -0.3 is 0 Å². The first-order valence-corrected chi connectivity index (χ1v) is 6.96. The van der Waals surface area contributed by atoms with Gasteiger partial charge in [-0.3, -0.25) is 10.1 Å². The van der Waals surface area contributed by atoms with Gasteiger partial charge in [0.05, 0.1) is 9.12 Å². The molecule has 0 saturated carbocycles. The second-order valence-electron chi connectivity index (χ2n) is 4.21. The molecule has 0 fully saturated rings. The monoisotopic (exact) mass is 323 g/mol. The second kappa shape index (κ2) is 6.35. The van der Waals surface area contributed by atoms with Crippen LogP contribution in [0.1, 0.15) is 16.7 Å². The summed E-state index contributed by atoms with van der Waals surface area (Å²) in [7, 11) is 0. The number of halogens is 1. The minimum atomic E-state index is -0.419. The average Bonchev–Trinajstić information content (AvgIpc) is 2.39. The van der Waals surface area contributed by atoms with Gasteiger partial charge in [0.2, 0.25) is 0 Å². The summed E-state index contributed by atoms with van der Waals surface area (Å²) in [5, 5.41) is 11.2. The molecule has 6 heteroatoms. The van der Waals surface area contributed by atoms with Gasteiger partial charge in [-0.25, -0.2) is 0 Å². The third-order valence-electron chi connectivity index (χ3n) is 2.84. The molecular formula is C14H10ClNO2S2. The van der Waals surface area contributed by atoms with Crippen LogP contribution >= 0.6 is 36.4 Å². The first-order valence-electron chi connectivity index (χ1n) is 5.72. The van der Waals surface area contributed by atoms with E-state index in [0.29, 0.717) is 15.6 Å². The zero-order valence-corrected chi connectivity index (χ0v) is 12.7. The van der Waals surface area contributed by atoms with Crippen molar-refractivity contribution in [3.05, 3.63) is 74.3 Å². The van der Waals surface area contributed by atoms with E-state index in [2.05, 4.69) is 12.6 Å². The van der Waals surface area contributed by atoms with Gasteiger partial charge >= 0.3 is 0 Å². The summed E-state index contributed by atoms with van der Waals surface area (Å²) in [4.78, 5) is 10.2. The van der Waals surface area contributed by atoms with E-state index in [9.17, 15) is 10.1 Å². The fourth-order valence-electron chi connectivity index (χ4n) is 1.87. The normalized spacial score (nSPS) is 10.3. The van der Waals surface area contributed by atoms with Gasteiger partial charge in [0, 0.05) is 22.7 Å². The lowest BCUT2D eigenvalue weighted by Crippen LogP contribution is -1.98. The van der Waals surface area contributed by atoms with Crippen LogP contribution in [0.3, 0.4) is 0 Å². The number of nitrogens with zero attached hydrogens (tertiary/aromatic N) is 1. The predicted molar refractivity (Wildman–Crippen MR) is 88.0 cm³/mol. The van der Waals surface area contributed by atoms with Crippen LogP contribution in [0.5, 0.6) is 0 Å². The second-order valence-corrected chi connectivity index (χ2v) is 5.80. The fraction of sp³-hybridized carbons (Fsp3) is 0.0714. The number of hydrogen-bond donors (Lipinski definition) is 1. The zero-order chi connectivity index (χ0) is 14.7. The fourth-order valence-corrected chi connectivity index (χ4v) is 2.48. The molecule has 0 spiro atoms. The number of thiol groups is 1. The molecule has 0 unspecified atom stereocenters. The summed E-state index contributed by atoms with van der Waals surface area (Å²) >= 11 is 15.3. The van der Waals surface area contributed by atoms with Crippen molar-refractivity contribution in [3.63, 3.8) is 0 Å². The van der Waals surface area contributed by atoms with E-state index >= 15 is 0 Å². The Bertz CT molecular complexity index is 671. The molecule has 0 atom stereocenters. The number of thiocarbonyl (C=S) groups is 1. The summed E-state index contributed by atoms with van der Waals surface area (Å²) in [6.45, 7) is 0. The molecule has 0 radical (unpaired) electrons. The first kappa shape index (κ1) is 15.0. The molecule has 0 heterocycles. The molecule has 0 N–H and O–H groups in total. The molecule has 2 aromatic rings. The van der Waals surface area contributed by atoms with Crippen molar-refractivity contribution in [1.29, 1.82) is 0 Å². The van der Waals surface area contributed by atoms with Crippen LogP contribution in [-0.2, 0) is 6.42 Å². The molecule has 3 nitrogen and oxygen atoms in total. The topological polar surface area (TPSA) is 43.1 Å². The van der Waals surface area contributed by atoms with Crippen molar-refractivity contribution in [2.45, 2.75) is 6.42 Å². The van der Waals surface area contributed by atoms with Crippen LogP contribution in [0.4, 0.5) is 5.69 Å². The molecule has 0 aliphatic rings. The quantitative estimate of drug-likeness (QED) is 0.391. The van der Waals surface area contributed by atoms with Crippen molar-refractivity contribution < 1.29 is 4.92 Å². The Morgan fingerprint density at radius 3 is 2.45 bits per heavy atom. The van der Waals surface area contributed by atoms with Crippen LogP contribution in [0.25, 0.3) is 0 Å². The SMILES string of the molecule is O=[N+]([O-])c1ccc(Cc2cc(Cl)ccc2C(=S)S)cc1. The molecule has 2 rings (SSSR count). The smallest absolute Gasteiger partial charge is 0.258 e. The summed E-state index contributed by atoms with van der Waals surface area (Å²) in [5.41, 5.74) is 2.82. The molecule has 0 amide bonds. The first-order chi connectivity index (χ1) is 9.47. The van der Waals surface area contributed by atoms with Crippen molar-refractivity contribution in [2.24, 2.45) is 0 Å². The predicted octanol–water partition coefficient (Wildman–Crippen LogP) is 4.44. The maximum atomic E-state index is 10.6. The van der Waals surface area contributed by atoms with E-state index in [1.54, 1.807) is 18.2 Å². The maximum absolute atomic E-state index is 10.6. The highest BCUT2D eigenvalue weighted by Crippen LogP contribution is 2.22. The molecule has 0 bridgehead atoms. The lowest BCUT2D eigenvalue weighted by atomic mass is 10.0. The van der Waals surface area contributed by atoms with E-state index in [1.165, 1.54) is 12.1 Å². The van der Waals surface area contributed by atoms with Gasteiger partial charge in [0.25, 0.3) is 5.69 Å². The maximum Gasteiger partial charge on any atom is 0.269 e. The lowest BCUT2D eigenvalue weighted by molar-refractivity contribution is -0.384. The summed E-state index contributed by atoms with van der Waals surface area (Å²) in [6.07, 6.45) is 0.592. The van der Waals surface area contributed by atoms with Gasteiger partial charge in [-0.1, -0.05) is 42.0 Å². The Labute approximate surface area is 132 Å². The van der Waals surface area contributed by atoms with Crippen LogP contribution in [-0.4, -0.2) is 9.12 Å². The Balaban J connectivity index is 2.31. The van der Waals surface area contributed by atoms with Gasteiger partial charge in [0.1, 0.15) is 0 Å².